The van der Waals surface area contributed by atoms with Gasteiger partial charge < -0.3 is 15.0 Å². The van der Waals surface area contributed by atoms with E-state index in [0.29, 0.717) is 6.10 Å². The van der Waals surface area contributed by atoms with Gasteiger partial charge in [0.15, 0.2) is 5.96 Å². The lowest BCUT2D eigenvalue weighted by Gasteiger charge is -2.21. The standard InChI is InChI=1S/C16H29N3OS/c1-5-17-16(18-10-7-12-20-14(2)3)19(4)11-9-15-8-6-13-21-15/h6,8,13-14H,5,7,9-12H2,1-4H3,(H,17,18). The Kier molecular flexibility index (Phi) is 9.10. The van der Waals surface area contributed by atoms with Crippen molar-refractivity contribution in [1.82, 2.24) is 10.2 Å². The fourth-order valence-electron chi connectivity index (χ4n) is 1.88. The molecule has 4 nitrogen and oxygen atoms in total. The summed E-state index contributed by atoms with van der Waals surface area (Å²) < 4.78 is 5.54. The van der Waals surface area contributed by atoms with E-state index in [1.165, 1.54) is 4.88 Å². The first kappa shape index (κ1) is 18.0. The lowest BCUT2D eigenvalue weighted by Crippen LogP contribution is -2.40. The summed E-state index contributed by atoms with van der Waals surface area (Å²) in [5.41, 5.74) is 0. The molecule has 0 saturated carbocycles. The molecule has 120 valence electrons. The van der Waals surface area contributed by atoms with Crippen molar-refractivity contribution in [2.45, 2.75) is 39.7 Å². The maximum atomic E-state index is 5.54. The van der Waals surface area contributed by atoms with Gasteiger partial charge in [-0.2, -0.15) is 0 Å². The van der Waals surface area contributed by atoms with E-state index in [9.17, 15) is 0 Å². The first-order chi connectivity index (χ1) is 10.1. The van der Waals surface area contributed by atoms with Crippen LogP contribution in [0.1, 0.15) is 32.1 Å². The van der Waals surface area contributed by atoms with Gasteiger partial charge in [-0.15, -0.1) is 11.3 Å². The molecular formula is C16H29N3OS. The van der Waals surface area contributed by atoms with E-state index in [1.54, 1.807) is 0 Å². The van der Waals surface area contributed by atoms with Crippen molar-refractivity contribution in [3.05, 3.63) is 22.4 Å². The monoisotopic (exact) mass is 311 g/mol. The number of aliphatic imine (C=N–C) groups is 1. The van der Waals surface area contributed by atoms with E-state index in [4.69, 9.17) is 4.74 Å². The van der Waals surface area contributed by atoms with Crippen LogP contribution in [0.25, 0.3) is 0 Å². The van der Waals surface area contributed by atoms with Crippen molar-refractivity contribution in [3.63, 3.8) is 0 Å². The maximum Gasteiger partial charge on any atom is 0.193 e. The molecule has 0 unspecified atom stereocenters. The van der Waals surface area contributed by atoms with Crippen molar-refractivity contribution in [1.29, 1.82) is 0 Å². The number of likely N-dealkylation sites (N-methyl/N-ethyl adjacent to an activating group) is 1. The van der Waals surface area contributed by atoms with E-state index in [1.807, 2.05) is 11.3 Å². The van der Waals surface area contributed by atoms with Crippen LogP contribution >= 0.6 is 11.3 Å². The van der Waals surface area contributed by atoms with Crippen LogP contribution in [-0.4, -0.2) is 50.3 Å². The minimum absolute atomic E-state index is 0.302. The van der Waals surface area contributed by atoms with Crippen LogP contribution in [0.3, 0.4) is 0 Å². The van der Waals surface area contributed by atoms with Gasteiger partial charge >= 0.3 is 0 Å². The summed E-state index contributed by atoms with van der Waals surface area (Å²) >= 11 is 1.81. The Balaban J connectivity index is 2.35. The molecule has 0 atom stereocenters. The van der Waals surface area contributed by atoms with Gasteiger partial charge in [0.1, 0.15) is 0 Å². The highest BCUT2D eigenvalue weighted by molar-refractivity contribution is 7.09. The van der Waals surface area contributed by atoms with Crippen LogP contribution in [0.2, 0.25) is 0 Å². The molecule has 0 spiro atoms. The van der Waals surface area contributed by atoms with Gasteiger partial charge in [-0.3, -0.25) is 4.99 Å². The summed E-state index contributed by atoms with van der Waals surface area (Å²) in [6.45, 7) is 9.68. The Bertz CT molecular complexity index is 390. The molecule has 1 rings (SSSR count). The van der Waals surface area contributed by atoms with Gasteiger partial charge in [-0.25, -0.2) is 0 Å². The lowest BCUT2D eigenvalue weighted by molar-refractivity contribution is 0.0782. The van der Waals surface area contributed by atoms with Crippen LogP contribution in [0.4, 0.5) is 0 Å². The van der Waals surface area contributed by atoms with Gasteiger partial charge in [-0.1, -0.05) is 6.07 Å². The molecule has 0 bridgehead atoms. The van der Waals surface area contributed by atoms with Crippen molar-refractivity contribution in [2.24, 2.45) is 4.99 Å². The molecule has 1 aromatic rings. The number of hydrogen-bond donors (Lipinski definition) is 1. The Morgan fingerprint density at radius 3 is 2.90 bits per heavy atom. The zero-order valence-electron chi connectivity index (χ0n) is 13.8. The Morgan fingerprint density at radius 2 is 2.29 bits per heavy atom. The minimum atomic E-state index is 0.302. The van der Waals surface area contributed by atoms with Crippen LogP contribution in [-0.2, 0) is 11.2 Å². The fraction of sp³-hybridized carbons (Fsp3) is 0.688. The second kappa shape index (κ2) is 10.6. The highest BCUT2D eigenvalue weighted by Gasteiger charge is 2.05. The largest absolute Gasteiger partial charge is 0.379 e. The average Bonchev–Trinajstić information content (AvgIpc) is 2.96. The van der Waals surface area contributed by atoms with Crippen LogP contribution in [0.15, 0.2) is 22.5 Å². The summed E-state index contributed by atoms with van der Waals surface area (Å²) in [6, 6.07) is 4.29. The van der Waals surface area contributed by atoms with E-state index in [0.717, 1.165) is 45.0 Å². The predicted molar refractivity (Wildman–Crippen MR) is 92.3 cm³/mol. The molecule has 1 aromatic heterocycles. The normalized spacial score (nSPS) is 12.0. The van der Waals surface area contributed by atoms with Crippen molar-refractivity contribution >= 4 is 17.3 Å². The number of nitrogens with zero attached hydrogens (tertiary/aromatic N) is 2. The highest BCUT2D eigenvalue weighted by Crippen LogP contribution is 2.09. The molecule has 1 N–H and O–H groups in total. The van der Waals surface area contributed by atoms with E-state index >= 15 is 0 Å². The van der Waals surface area contributed by atoms with Crippen molar-refractivity contribution < 1.29 is 4.74 Å². The second-order valence-electron chi connectivity index (χ2n) is 5.26. The van der Waals surface area contributed by atoms with E-state index < -0.39 is 0 Å². The maximum absolute atomic E-state index is 5.54. The Labute approximate surface area is 133 Å². The number of rotatable bonds is 9. The zero-order chi connectivity index (χ0) is 15.5. The van der Waals surface area contributed by atoms with Crippen LogP contribution in [0, 0.1) is 0 Å². The van der Waals surface area contributed by atoms with Crippen molar-refractivity contribution in [3.8, 4) is 0 Å². The Morgan fingerprint density at radius 1 is 1.48 bits per heavy atom. The Hall–Kier alpha value is -1.07. The molecule has 0 saturated heterocycles. The average molecular weight is 311 g/mol. The molecule has 0 aliphatic carbocycles. The van der Waals surface area contributed by atoms with Crippen LogP contribution < -0.4 is 5.32 Å². The number of guanidine groups is 1. The SMILES string of the molecule is CCNC(=NCCCOC(C)C)N(C)CCc1cccs1. The molecule has 0 aliphatic heterocycles. The van der Waals surface area contributed by atoms with Gasteiger partial charge in [-0.05, 0) is 45.1 Å². The molecule has 0 aliphatic rings. The molecule has 0 aromatic carbocycles. The quantitative estimate of drug-likeness (QED) is 0.433. The summed E-state index contributed by atoms with van der Waals surface area (Å²) in [6.07, 6.45) is 2.33. The molecule has 5 heteroatoms. The smallest absolute Gasteiger partial charge is 0.193 e. The number of ether oxygens (including phenoxy) is 1. The van der Waals surface area contributed by atoms with E-state index in [-0.39, 0.29) is 0 Å². The highest BCUT2D eigenvalue weighted by atomic mass is 32.1. The van der Waals surface area contributed by atoms with E-state index in [2.05, 4.69) is 60.5 Å². The topological polar surface area (TPSA) is 36.9 Å². The van der Waals surface area contributed by atoms with Gasteiger partial charge in [0.2, 0.25) is 0 Å². The third-order valence-corrected chi connectivity index (χ3v) is 3.92. The van der Waals surface area contributed by atoms with Gasteiger partial charge in [0.05, 0.1) is 6.10 Å². The summed E-state index contributed by atoms with van der Waals surface area (Å²) in [7, 11) is 2.10. The molecule has 0 amide bonds. The second-order valence-corrected chi connectivity index (χ2v) is 6.29. The van der Waals surface area contributed by atoms with Crippen LogP contribution in [0.5, 0.6) is 0 Å². The molecular weight excluding hydrogens is 282 g/mol. The molecule has 0 fully saturated rings. The fourth-order valence-corrected chi connectivity index (χ4v) is 2.58. The summed E-state index contributed by atoms with van der Waals surface area (Å²) in [4.78, 5) is 8.29. The number of hydrogen-bond acceptors (Lipinski definition) is 3. The number of thiophene rings is 1. The van der Waals surface area contributed by atoms with Gasteiger partial charge in [0.25, 0.3) is 0 Å². The molecule has 1 heterocycles. The summed E-state index contributed by atoms with van der Waals surface area (Å²) in [5.74, 6) is 0.985. The zero-order valence-corrected chi connectivity index (χ0v) is 14.6. The third-order valence-electron chi connectivity index (χ3n) is 2.99. The third kappa shape index (κ3) is 8.07. The van der Waals surface area contributed by atoms with Gasteiger partial charge in [0, 0.05) is 38.2 Å². The predicted octanol–water partition coefficient (Wildman–Crippen LogP) is 3.00. The molecule has 0 radical (unpaired) electrons. The lowest BCUT2D eigenvalue weighted by atomic mass is 10.3. The first-order valence-electron chi connectivity index (χ1n) is 7.77. The number of nitrogens with one attached hydrogen (secondary N) is 1. The summed E-state index contributed by atoms with van der Waals surface area (Å²) in [5, 5.41) is 5.48. The minimum Gasteiger partial charge on any atom is -0.379 e. The molecule has 21 heavy (non-hydrogen) atoms. The van der Waals surface area contributed by atoms with Crippen molar-refractivity contribution in [2.75, 3.05) is 33.3 Å². The first-order valence-corrected chi connectivity index (χ1v) is 8.64.